The maximum absolute atomic E-state index is 12.9. The lowest BCUT2D eigenvalue weighted by Gasteiger charge is -2.20. The largest absolute Gasteiger partial charge is 0.495 e. The summed E-state index contributed by atoms with van der Waals surface area (Å²) in [5.74, 6) is 0.145. The van der Waals surface area contributed by atoms with Crippen LogP contribution in [0.25, 0.3) is 0 Å². The first-order valence-corrected chi connectivity index (χ1v) is 10.2. The van der Waals surface area contributed by atoms with Crippen LogP contribution < -0.4 is 10.1 Å². The van der Waals surface area contributed by atoms with Crippen molar-refractivity contribution in [3.8, 4) is 5.75 Å². The number of sulfonamides is 1. The monoisotopic (exact) mass is 390 g/mol. The van der Waals surface area contributed by atoms with Gasteiger partial charge in [-0.25, -0.2) is 8.42 Å². The SMILES string of the molecule is CCN(CC)S(=O)(=O)c1cc(C(=O)Nc2cc(C)ccc2OC)ccc1C. The van der Waals surface area contributed by atoms with Crippen molar-refractivity contribution < 1.29 is 17.9 Å². The van der Waals surface area contributed by atoms with E-state index in [1.807, 2.05) is 13.0 Å². The highest BCUT2D eigenvalue weighted by molar-refractivity contribution is 7.89. The number of hydrogen-bond donors (Lipinski definition) is 1. The summed E-state index contributed by atoms with van der Waals surface area (Å²) in [7, 11) is -2.12. The zero-order chi connectivity index (χ0) is 20.2. The molecule has 0 heterocycles. The Balaban J connectivity index is 2.41. The zero-order valence-corrected chi connectivity index (χ0v) is 17.2. The third kappa shape index (κ3) is 4.48. The van der Waals surface area contributed by atoms with Crippen molar-refractivity contribution in [2.45, 2.75) is 32.6 Å². The maximum atomic E-state index is 12.9. The first kappa shape index (κ1) is 20.9. The number of methoxy groups -OCH3 is 1. The van der Waals surface area contributed by atoms with Crippen molar-refractivity contribution in [2.24, 2.45) is 0 Å². The number of hydrogen-bond acceptors (Lipinski definition) is 4. The summed E-state index contributed by atoms with van der Waals surface area (Å²) in [6, 6.07) is 10.2. The molecule has 0 aliphatic rings. The molecule has 1 N–H and O–H groups in total. The molecule has 0 aromatic heterocycles. The van der Waals surface area contributed by atoms with E-state index in [1.165, 1.54) is 17.5 Å². The average molecular weight is 391 g/mol. The predicted molar refractivity (Wildman–Crippen MR) is 107 cm³/mol. The maximum Gasteiger partial charge on any atom is 0.255 e. The van der Waals surface area contributed by atoms with E-state index in [2.05, 4.69) is 5.32 Å². The number of nitrogens with one attached hydrogen (secondary N) is 1. The minimum atomic E-state index is -3.65. The summed E-state index contributed by atoms with van der Waals surface area (Å²) >= 11 is 0. The van der Waals surface area contributed by atoms with Gasteiger partial charge in [0.25, 0.3) is 5.91 Å². The van der Waals surface area contributed by atoms with E-state index in [0.717, 1.165) is 5.56 Å². The topological polar surface area (TPSA) is 75.7 Å². The summed E-state index contributed by atoms with van der Waals surface area (Å²) in [5.41, 5.74) is 2.39. The van der Waals surface area contributed by atoms with Crippen LogP contribution in [0.2, 0.25) is 0 Å². The second-order valence-electron chi connectivity index (χ2n) is 6.23. The molecule has 0 spiro atoms. The molecule has 6 nitrogen and oxygen atoms in total. The molecule has 146 valence electrons. The highest BCUT2D eigenvalue weighted by Gasteiger charge is 2.25. The number of carbonyl (C=O) groups excluding carboxylic acids is 1. The van der Waals surface area contributed by atoms with Gasteiger partial charge in [0.15, 0.2) is 0 Å². The number of anilines is 1. The van der Waals surface area contributed by atoms with Crippen molar-refractivity contribution in [3.05, 3.63) is 53.1 Å². The van der Waals surface area contributed by atoms with E-state index in [-0.39, 0.29) is 10.5 Å². The van der Waals surface area contributed by atoms with Gasteiger partial charge in [0.1, 0.15) is 5.75 Å². The Labute approximate surface area is 161 Å². The molecule has 0 radical (unpaired) electrons. The molecule has 0 bridgehead atoms. The lowest BCUT2D eigenvalue weighted by Crippen LogP contribution is -2.31. The van der Waals surface area contributed by atoms with Gasteiger partial charge < -0.3 is 10.1 Å². The number of ether oxygens (including phenoxy) is 1. The Hall–Kier alpha value is -2.38. The van der Waals surface area contributed by atoms with Gasteiger partial charge in [-0.15, -0.1) is 0 Å². The average Bonchev–Trinajstić information content (AvgIpc) is 2.62. The fourth-order valence-corrected chi connectivity index (χ4v) is 4.54. The van der Waals surface area contributed by atoms with Crippen LogP contribution in [-0.2, 0) is 10.0 Å². The predicted octanol–water partition coefficient (Wildman–Crippen LogP) is 3.59. The molecule has 27 heavy (non-hydrogen) atoms. The number of nitrogens with zero attached hydrogens (tertiary/aromatic N) is 1. The van der Waals surface area contributed by atoms with Crippen molar-refractivity contribution in [1.29, 1.82) is 0 Å². The number of benzene rings is 2. The fourth-order valence-electron chi connectivity index (χ4n) is 2.84. The summed E-state index contributed by atoms with van der Waals surface area (Å²) < 4.78 is 32.4. The Kier molecular flexibility index (Phi) is 6.62. The summed E-state index contributed by atoms with van der Waals surface area (Å²) in [6.45, 7) is 7.95. The minimum Gasteiger partial charge on any atom is -0.495 e. The molecule has 1 amide bonds. The van der Waals surface area contributed by atoms with Gasteiger partial charge in [-0.1, -0.05) is 26.0 Å². The zero-order valence-electron chi connectivity index (χ0n) is 16.4. The van der Waals surface area contributed by atoms with Gasteiger partial charge in [-0.3, -0.25) is 4.79 Å². The van der Waals surface area contributed by atoms with Crippen molar-refractivity contribution in [3.63, 3.8) is 0 Å². The minimum absolute atomic E-state index is 0.148. The molecule has 0 aliphatic carbocycles. The second-order valence-corrected chi connectivity index (χ2v) is 8.13. The third-order valence-electron chi connectivity index (χ3n) is 4.38. The summed E-state index contributed by atoms with van der Waals surface area (Å²) in [4.78, 5) is 12.9. The highest BCUT2D eigenvalue weighted by Crippen LogP contribution is 2.27. The summed E-state index contributed by atoms with van der Waals surface area (Å²) in [6.07, 6.45) is 0. The van der Waals surface area contributed by atoms with Gasteiger partial charge in [-0.2, -0.15) is 4.31 Å². The third-order valence-corrected chi connectivity index (χ3v) is 6.57. The van der Waals surface area contributed by atoms with Crippen LogP contribution >= 0.6 is 0 Å². The molecular formula is C20H26N2O4S. The van der Waals surface area contributed by atoms with Crippen LogP contribution in [0.5, 0.6) is 5.75 Å². The second kappa shape index (κ2) is 8.54. The first-order chi connectivity index (χ1) is 12.7. The van der Waals surface area contributed by atoms with Crippen LogP contribution in [0, 0.1) is 13.8 Å². The van der Waals surface area contributed by atoms with E-state index in [1.54, 1.807) is 45.0 Å². The first-order valence-electron chi connectivity index (χ1n) is 8.81. The number of aryl methyl sites for hydroxylation is 2. The quantitative estimate of drug-likeness (QED) is 0.784. The molecule has 2 aromatic rings. The Bertz CT molecular complexity index is 935. The van der Waals surface area contributed by atoms with E-state index in [4.69, 9.17) is 4.74 Å². The highest BCUT2D eigenvalue weighted by atomic mass is 32.2. The normalized spacial score (nSPS) is 11.5. The summed E-state index contributed by atoms with van der Waals surface area (Å²) in [5, 5.41) is 2.80. The van der Waals surface area contributed by atoms with Crippen LogP contribution in [0.15, 0.2) is 41.3 Å². The lowest BCUT2D eigenvalue weighted by atomic mass is 10.1. The molecule has 2 rings (SSSR count). The standard InChI is InChI=1S/C20H26N2O4S/c1-6-22(7-2)27(24,25)19-13-16(10-9-15(19)4)20(23)21-17-12-14(3)8-11-18(17)26-5/h8-13H,6-7H2,1-5H3,(H,21,23). The van der Waals surface area contributed by atoms with E-state index in [9.17, 15) is 13.2 Å². The van der Waals surface area contributed by atoms with Gasteiger partial charge >= 0.3 is 0 Å². The molecule has 0 fully saturated rings. The van der Waals surface area contributed by atoms with Gasteiger partial charge in [-0.05, 0) is 49.2 Å². The van der Waals surface area contributed by atoms with Crippen LogP contribution in [0.4, 0.5) is 5.69 Å². The van der Waals surface area contributed by atoms with Crippen LogP contribution in [-0.4, -0.2) is 38.8 Å². The molecule has 0 saturated heterocycles. The van der Waals surface area contributed by atoms with Gasteiger partial charge in [0, 0.05) is 18.7 Å². The van der Waals surface area contributed by atoms with Crippen LogP contribution in [0.1, 0.15) is 35.3 Å². The smallest absolute Gasteiger partial charge is 0.255 e. The molecular weight excluding hydrogens is 364 g/mol. The van der Waals surface area contributed by atoms with E-state index in [0.29, 0.717) is 30.1 Å². The Morgan fingerprint density at radius 3 is 2.33 bits per heavy atom. The lowest BCUT2D eigenvalue weighted by molar-refractivity contribution is 0.102. The van der Waals surface area contributed by atoms with Gasteiger partial charge in [0.05, 0.1) is 17.7 Å². The number of carbonyl (C=O) groups is 1. The Morgan fingerprint density at radius 1 is 1.07 bits per heavy atom. The molecule has 0 aliphatic heterocycles. The van der Waals surface area contributed by atoms with E-state index >= 15 is 0 Å². The van der Waals surface area contributed by atoms with Crippen molar-refractivity contribution in [1.82, 2.24) is 4.31 Å². The number of amides is 1. The molecule has 2 aromatic carbocycles. The van der Waals surface area contributed by atoms with Crippen molar-refractivity contribution >= 4 is 21.6 Å². The fraction of sp³-hybridized carbons (Fsp3) is 0.350. The van der Waals surface area contributed by atoms with Gasteiger partial charge in [0.2, 0.25) is 10.0 Å². The molecule has 0 unspecified atom stereocenters. The van der Waals surface area contributed by atoms with Crippen molar-refractivity contribution in [2.75, 3.05) is 25.5 Å². The Morgan fingerprint density at radius 2 is 1.74 bits per heavy atom. The van der Waals surface area contributed by atoms with Crippen LogP contribution in [0.3, 0.4) is 0 Å². The molecule has 7 heteroatoms. The molecule has 0 atom stereocenters. The van der Waals surface area contributed by atoms with E-state index < -0.39 is 15.9 Å². The number of rotatable bonds is 7. The molecule has 0 saturated carbocycles.